The average Bonchev–Trinajstić information content (AvgIpc) is 2.72. The fourth-order valence-electron chi connectivity index (χ4n) is 1.13. The van der Waals surface area contributed by atoms with Gasteiger partial charge in [0.05, 0.1) is 5.02 Å². The number of hydrogen-bond donors (Lipinski definition) is 2. The third-order valence-electron chi connectivity index (χ3n) is 1.89. The van der Waals surface area contributed by atoms with Gasteiger partial charge in [0, 0.05) is 15.5 Å². The number of hydrogen-bond acceptors (Lipinski definition) is 4. The molecule has 0 amide bonds. The maximum Gasteiger partial charge on any atom is 0.355 e. The van der Waals surface area contributed by atoms with Gasteiger partial charge in [-0.25, -0.2) is 9.78 Å². The van der Waals surface area contributed by atoms with Crippen LogP contribution in [0.4, 0.5) is 10.8 Å². The van der Waals surface area contributed by atoms with E-state index in [0.29, 0.717) is 10.2 Å². The van der Waals surface area contributed by atoms with E-state index < -0.39 is 5.97 Å². The fourth-order valence-corrected chi connectivity index (χ4v) is 2.33. The lowest BCUT2D eigenvalue weighted by atomic mass is 10.3. The number of carboxylic acid groups (broad SMARTS) is 1. The number of benzene rings is 1. The van der Waals surface area contributed by atoms with Crippen molar-refractivity contribution in [2.45, 2.75) is 0 Å². The zero-order valence-corrected chi connectivity index (χ0v) is 11.4. The molecule has 1 aromatic heterocycles. The summed E-state index contributed by atoms with van der Waals surface area (Å²) in [6.07, 6.45) is 0. The standard InChI is InChI=1S/C10H6BrClN2O2S/c11-6-3-5(1-2-7(6)12)13-10-14-8(4-17-10)9(15)16/h1-4H,(H,13,14)(H,15,16). The Morgan fingerprint density at radius 3 is 2.88 bits per heavy atom. The van der Waals surface area contributed by atoms with Gasteiger partial charge in [-0.1, -0.05) is 11.6 Å². The summed E-state index contributed by atoms with van der Waals surface area (Å²) >= 11 is 10.4. The van der Waals surface area contributed by atoms with Crippen molar-refractivity contribution in [2.24, 2.45) is 0 Å². The molecule has 2 rings (SSSR count). The molecule has 17 heavy (non-hydrogen) atoms. The van der Waals surface area contributed by atoms with Crippen LogP contribution in [0.1, 0.15) is 10.5 Å². The van der Waals surface area contributed by atoms with E-state index in [-0.39, 0.29) is 5.69 Å². The highest BCUT2D eigenvalue weighted by molar-refractivity contribution is 9.10. The summed E-state index contributed by atoms with van der Waals surface area (Å²) in [4.78, 5) is 14.6. The van der Waals surface area contributed by atoms with Crippen LogP contribution in [0.15, 0.2) is 28.1 Å². The third kappa shape index (κ3) is 2.96. The minimum Gasteiger partial charge on any atom is -0.476 e. The van der Waals surface area contributed by atoms with E-state index in [4.69, 9.17) is 16.7 Å². The van der Waals surface area contributed by atoms with Crippen LogP contribution in [0.3, 0.4) is 0 Å². The number of halogens is 2. The van der Waals surface area contributed by atoms with Gasteiger partial charge in [-0.05, 0) is 34.1 Å². The molecular weight excluding hydrogens is 328 g/mol. The summed E-state index contributed by atoms with van der Waals surface area (Å²) in [7, 11) is 0. The maximum atomic E-state index is 10.7. The number of nitrogens with one attached hydrogen (secondary N) is 1. The molecule has 0 aliphatic heterocycles. The lowest BCUT2D eigenvalue weighted by molar-refractivity contribution is 0.0691. The zero-order chi connectivity index (χ0) is 12.4. The molecule has 0 atom stereocenters. The molecule has 0 fully saturated rings. The Kier molecular flexibility index (Phi) is 3.66. The molecule has 7 heteroatoms. The van der Waals surface area contributed by atoms with E-state index >= 15 is 0 Å². The lowest BCUT2D eigenvalue weighted by Gasteiger charge is -2.03. The van der Waals surface area contributed by atoms with Crippen molar-refractivity contribution in [2.75, 3.05) is 5.32 Å². The van der Waals surface area contributed by atoms with Gasteiger partial charge in [0.25, 0.3) is 0 Å². The largest absolute Gasteiger partial charge is 0.476 e. The van der Waals surface area contributed by atoms with Crippen LogP contribution < -0.4 is 5.32 Å². The smallest absolute Gasteiger partial charge is 0.355 e. The second-order valence-electron chi connectivity index (χ2n) is 3.10. The summed E-state index contributed by atoms with van der Waals surface area (Å²) in [5.41, 5.74) is 0.818. The van der Waals surface area contributed by atoms with Crippen molar-refractivity contribution in [3.63, 3.8) is 0 Å². The number of carbonyl (C=O) groups is 1. The second kappa shape index (κ2) is 5.03. The molecular formula is C10H6BrClN2O2S. The van der Waals surface area contributed by atoms with Crippen LogP contribution in [0, 0.1) is 0 Å². The minimum absolute atomic E-state index is 0.0329. The SMILES string of the molecule is O=C(O)c1csc(Nc2ccc(Cl)c(Br)c2)n1. The Hall–Kier alpha value is -1.11. The van der Waals surface area contributed by atoms with Crippen LogP contribution in [-0.4, -0.2) is 16.1 Å². The number of carboxylic acids is 1. The van der Waals surface area contributed by atoms with Crippen LogP contribution >= 0.6 is 38.9 Å². The summed E-state index contributed by atoms with van der Waals surface area (Å²) < 4.78 is 0.763. The molecule has 0 saturated carbocycles. The molecule has 1 aromatic carbocycles. The van der Waals surface area contributed by atoms with Crippen molar-refractivity contribution in [3.8, 4) is 0 Å². The van der Waals surface area contributed by atoms with E-state index in [1.54, 1.807) is 18.2 Å². The third-order valence-corrected chi connectivity index (χ3v) is 3.87. The van der Waals surface area contributed by atoms with Gasteiger partial charge in [0.15, 0.2) is 10.8 Å². The molecule has 2 aromatic rings. The number of thiazole rings is 1. The summed E-state index contributed by atoms with van der Waals surface area (Å²) in [5.74, 6) is -1.04. The van der Waals surface area contributed by atoms with Crippen molar-refractivity contribution < 1.29 is 9.90 Å². The lowest BCUT2D eigenvalue weighted by Crippen LogP contribution is -1.97. The Morgan fingerprint density at radius 1 is 1.53 bits per heavy atom. The van der Waals surface area contributed by atoms with Gasteiger partial charge >= 0.3 is 5.97 Å². The van der Waals surface area contributed by atoms with Gasteiger partial charge in [0.2, 0.25) is 0 Å². The topological polar surface area (TPSA) is 62.2 Å². The highest BCUT2D eigenvalue weighted by atomic mass is 79.9. The van der Waals surface area contributed by atoms with Gasteiger partial charge in [-0.2, -0.15) is 0 Å². The summed E-state index contributed by atoms with van der Waals surface area (Å²) in [6, 6.07) is 5.32. The van der Waals surface area contributed by atoms with Gasteiger partial charge in [-0.15, -0.1) is 11.3 Å². The number of rotatable bonds is 3. The maximum absolute atomic E-state index is 10.7. The van der Waals surface area contributed by atoms with E-state index in [2.05, 4.69) is 26.2 Å². The van der Waals surface area contributed by atoms with Crippen molar-refractivity contribution >= 4 is 55.7 Å². The molecule has 0 saturated heterocycles. The fraction of sp³-hybridized carbons (Fsp3) is 0. The van der Waals surface area contributed by atoms with Crippen LogP contribution in [0.25, 0.3) is 0 Å². The highest BCUT2D eigenvalue weighted by Gasteiger charge is 2.08. The number of anilines is 2. The minimum atomic E-state index is -1.04. The van der Waals surface area contributed by atoms with E-state index in [0.717, 1.165) is 10.2 Å². The van der Waals surface area contributed by atoms with Gasteiger partial charge in [-0.3, -0.25) is 0 Å². The monoisotopic (exact) mass is 332 g/mol. The van der Waals surface area contributed by atoms with E-state index in [1.807, 2.05) is 0 Å². The molecule has 4 nitrogen and oxygen atoms in total. The Morgan fingerprint density at radius 2 is 2.29 bits per heavy atom. The molecule has 0 aliphatic rings. The average molecular weight is 334 g/mol. The molecule has 0 bridgehead atoms. The van der Waals surface area contributed by atoms with E-state index in [1.165, 1.54) is 16.7 Å². The molecule has 2 N–H and O–H groups in total. The molecule has 1 heterocycles. The van der Waals surface area contributed by atoms with Gasteiger partial charge < -0.3 is 10.4 Å². The molecule has 0 spiro atoms. The molecule has 0 unspecified atom stereocenters. The quantitative estimate of drug-likeness (QED) is 0.891. The van der Waals surface area contributed by atoms with E-state index in [9.17, 15) is 4.79 Å². The molecule has 0 radical (unpaired) electrons. The molecule has 0 aliphatic carbocycles. The van der Waals surface area contributed by atoms with Crippen molar-refractivity contribution in [3.05, 3.63) is 38.8 Å². The first-order valence-electron chi connectivity index (χ1n) is 4.47. The Bertz CT molecular complexity index is 573. The predicted molar refractivity (Wildman–Crippen MR) is 71.5 cm³/mol. The van der Waals surface area contributed by atoms with Crippen LogP contribution in [0.2, 0.25) is 5.02 Å². The predicted octanol–water partition coefficient (Wildman–Crippen LogP) is 4.00. The summed E-state index contributed by atoms with van der Waals surface area (Å²) in [5, 5.41) is 14.4. The first-order chi connectivity index (χ1) is 8.06. The Labute approximate surface area is 114 Å². The summed E-state index contributed by atoms with van der Waals surface area (Å²) in [6.45, 7) is 0. The molecule has 88 valence electrons. The second-order valence-corrected chi connectivity index (χ2v) is 5.22. The van der Waals surface area contributed by atoms with Crippen molar-refractivity contribution in [1.82, 2.24) is 4.98 Å². The zero-order valence-electron chi connectivity index (χ0n) is 8.28. The highest BCUT2D eigenvalue weighted by Crippen LogP contribution is 2.28. The first kappa shape index (κ1) is 12.3. The Balaban J connectivity index is 2.19. The first-order valence-corrected chi connectivity index (χ1v) is 6.52. The van der Waals surface area contributed by atoms with Crippen LogP contribution in [0.5, 0.6) is 0 Å². The number of nitrogens with zero attached hydrogens (tertiary/aromatic N) is 1. The van der Waals surface area contributed by atoms with Crippen molar-refractivity contribution in [1.29, 1.82) is 0 Å². The van der Waals surface area contributed by atoms with Crippen LogP contribution in [-0.2, 0) is 0 Å². The van der Waals surface area contributed by atoms with Gasteiger partial charge in [0.1, 0.15) is 0 Å². The normalized spacial score (nSPS) is 10.2. The number of aromatic nitrogens is 1. The number of aromatic carboxylic acids is 1.